The van der Waals surface area contributed by atoms with Gasteiger partial charge in [0.25, 0.3) is 0 Å². The summed E-state index contributed by atoms with van der Waals surface area (Å²) in [6, 6.07) is 4.22. The lowest BCUT2D eigenvalue weighted by atomic mass is 9.97. The number of halogens is 1. The van der Waals surface area contributed by atoms with E-state index in [1.165, 1.54) is 6.07 Å². The van der Waals surface area contributed by atoms with E-state index in [4.69, 9.17) is 5.73 Å². The molecule has 1 saturated heterocycles. The van der Waals surface area contributed by atoms with Crippen LogP contribution in [0, 0.1) is 21.8 Å². The van der Waals surface area contributed by atoms with Crippen LogP contribution in [0.1, 0.15) is 12.8 Å². The van der Waals surface area contributed by atoms with Gasteiger partial charge in [-0.25, -0.2) is 0 Å². The normalized spacial score (nSPS) is 19.9. The van der Waals surface area contributed by atoms with Crippen molar-refractivity contribution in [1.29, 1.82) is 0 Å². The van der Waals surface area contributed by atoms with Crippen LogP contribution in [0.15, 0.2) is 18.2 Å². The van der Waals surface area contributed by atoms with Crippen molar-refractivity contribution in [3.63, 3.8) is 0 Å². The van der Waals surface area contributed by atoms with Gasteiger partial charge in [-0.05, 0) is 37.4 Å². The fourth-order valence-electron chi connectivity index (χ4n) is 2.42. The predicted molar refractivity (Wildman–Crippen MR) is 67.0 cm³/mol. The van der Waals surface area contributed by atoms with Crippen molar-refractivity contribution in [2.45, 2.75) is 12.8 Å². The van der Waals surface area contributed by atoms with Gasteiger partial charge in [0.1, 0.15) is 5.69 Å². The van der Waals surface area contributed by atoms with Gasteiger partial charge in [-0.1, -0.05) is 6.07 Å². The van der Waals surface area contributed by atoms with Crippen LogP contribution in [-0.4, -0.2) is 24.6 Å². The van der Waals surface area contributed by atoms with Crippen LogP contribution in [0.25, 0.3) is 0 Å². The fourth-order valence-corrected chi connectivity index (χ4v) is 2.42. The molecule has 1 aromatic rings. The molecular weight excluding hydrogens is 237 g/mol. The highest BCUT2D eigenvalue weighted by atomic mass is 19.1. The van der Waals surface area contributed by atoms with Crippen molar-refractivity contribution >= 4 is 11.4 Å². The standard InChI is InChI=1S/C12H16FN3O2/c13-10-4-1-5-11(12(10)16(17)18)15-6-2-3-9(7-14)8-15/h1,4-5,9H,2-3,6-8,14H2. The van der Waals surface area contributed by atoms with E-state index in [9.17, 15) is 14.5 Å². The molecule has 1 aliphatic heterocycles. The monoisotopic (exact) mass is 253 g/mol. The van der Waals surface area contributed by atoms with E-state index >= 15 is 0 Å². The molecule has 5 nitrogen and oxygen atoms in total. The first-order valence-electron chi connectivity index (χ1n) is 6.01. The van der Waals surface area contributed by atoms with Crippen LogP contribution >= 0.6 is 0 Å². The van der Waals surface area contributed by atoms with Crippen LogP contribution in [-0.2, 0) is 0 Å². The maximum Gasteiger partial charge on any atom is 0.327 e. The zero-order chi connectivity index (χ0) is 13.1. The molecule has 98 valence electrons. The van der Waals surface area contributed by atoms with Gasteiger partial charge >= 0.3 is 5.69 Å². The summed E-state index contributed by atoms with van der Waals surface area (Å²) in [7, 11) is 0. The largest absolute Gasteiger partial charge is 0.366 e. The summed E-state index contributed by atoms with van der Waals surface area (Å²) in [5, 5.41) is 11.0. The summed E-state index contributed by atoms with van der Waals surface area (Å²) in [5.41, 5.74) is 5.56. The number of anilines is 1. The number of para-hydroxylation sites is 1. The van der Waals surface area contributed by atoms with E-state index in [1.807, 2.05) is 4.90 Å². The lowest BCUT2D eigenvalue weighted by molar-refractivity contribution is -0.386. The third kappa shape index (κ3) is 2.43. The Morgan fingerprint density at radius 1 is 1.56 bits per heavy atom. The Labute approximate surface area is 105 Å². The Bertz CT molecular complexity index is 453. The van der Waals surface area contributed by atoms with Gasteiger partial charge < -0.3 is 10.6 Å². The van der Waals surface area contributed by atoms with Crippen molar-refractivity contribution in [2.75, 3.05) is 24.5 Å². The van der Waals surface area contributed by atoms with E-state index < -0.39 is 16.4 Å². The Hall–Kier alpha value is -1.69. The maximum atomic E-state index is 13.5. The minimum absolute atomic E-state index is 0.321. The summed E-state index contributed by atoms with van der Waals surface area (Å²) in [4.78, 5) is 12.2. The first-order chi connectivity index (χ1) is 8.63. The second kappa shape index (κ2) is 5.30. The van der Waals surface area contributed by atoms with Crippen LogP contribution in [0.3, 0.4) is 0 Å². The van der Waals surface area contributed by atoms with Gasteiger partial charge in [-0.2, -0.15) is 4.39 Å². The summed E-state index contributed by atoms with van der Waals surface area (Å²) in [6.45, 7) is 1.92. The SMILES string of the molecule is NCC1CCCN(c2cccc(F)c2[N+](=O)[O-])C1. The first-order valence-corrected chi connectivity index (χ1v) is 6.01. The molecule has 0 saturated carbocycles. The van der Waals surface area contributed by atoms with Gasteiger partial charge in [-0.15, -0.1) is 0 Å². The molecule has 1 heterocycles. The fraction of sp³-hybridized carbons (Fsp3) is 0.500. The topological polar surface area (TPSA) is 72.4 Å². The molecule has 0 aromatic heterocycles. The average molecular weight is 253 g/mol. The molecule has 0 bridgehead atoms. The molecule has 0 radical (unpaired) electrons. The number of hydrogen-bond acceptors (Lipinski definition) is 4. The lowest BCUT2D eigenvalue weighted by Gasteiger charge is -2.33. The highest BCUT2D eigenvalue weighted by Gasteiger charge is 2.27. The number of hydrogen-bond donors (Lipinski definition) is 1. The molecule has 1 aromatic carbocycles. The molecule has 2 rings (SSSR count). The van der Waals surface area contributed by atoms with Gasteiger partial charge in [0.2, 0.25) is 5.82 Å². The zero-order valence-electron chi connectivity index (χ0n) is 10.0. The van der Waals surface area contributed by atoms with Crippen molar-refractivity contribution in [3.8, 4) is 0 Å². The highest BCUT2D eigenvalue weighted by Crippen LogP contribution is 2.33. The molecule has 0 amide bonds. The number of nitrogens with zero attached hydrogens (tertiary/aromatic N) is 2. The molecule has 1 fully saturated rings. The lowest BCUT2D eigenvalue weighted by Crippen LogP contribution is -2.38. The maximum absolute atomic E-state index is 13.5. The van der Waals surface area contributed by atoms with Crippen molar-refractivity contribution in [3.05, 3.63) is 34.1 Å². The quantitative estimate of drug-likeness (QED) is 0.659. The first kappa shape index (κ1) is 12.8. The highest BCUT2D eigenvalue weighted by molar-refractivity contribution is 5.64. The van der Waals surface area contributed by atoms with Crippen LogP contribution in [0.5, 0.6) is 0 Å². The van der Waals surface area contributed by atoms with Crippen molar-refractivity contribution < 1.29 is 9.31 Å². The van der Waals surface area contributed by atoms with E-state index in [0.717, 1.165) is 18.9 Å². The minimum atomic E-state index is -0.785. The predicted octanol–water partition coefficient (Wildman–Crippen LogP) is 1.91. The van der Waals surface area contributed by atoms with E-state index in [1.54, 1.807) is 6.07 Å². The van der Waals surface area contributed by atoms with Crippen LogP contribution in [0.4, 0.5) is 15.8 Å². The van der Waals surface area contributed by atoms with Crippen LogP contribution in [0.2, 0.25) is 0 Å². The van der Waals surface area contributed by atoms with Crippen molar-refractivity contribution in [2.24, 2.45) is 11.7 Å². The summed E-state index contributed by atoms with van der Waals surface area (Å²) < 4.78 is 13.5. The van der Waals surface area contributed by atoms with E-state index in [-0.39, 0.29) is 0 Å². The van der Waals surface area contributed by atoms with Gasteiger partial charge in [-0.3, -0.25) is 10.1 Å². The second-order valence-electron chi connectivity index (χ2n) is 4.55. The van der Waals surface area contributed by atoms with Crippen LogP contribution < -0.4 is 10.6 Å². The average Bonchev–Trinajstić information content (AvgIpc) is 2.38. The number of nitro groups is 1. The smallest absolute Gasteiger partial charge is 0.327 e. The Morgan fingerprint density at radius 3 is 3.00 bits per heavy atom. The molecule has 1 unspecified atom stereocenters. The molecule has 18 heavy (non-hydrogen) atoms. The molecular formula is C12H16FN3O2. The number of piperidine rings is 1. The number of rotatable bonds is 3. The molecule has 0 aliphatic carbocycles. The number of nitro benzene ring substituents is 1. The Kier molecular flexibility index (Phi) is 3.76. The van der Waals surface area contributed by atoms with Gasteiger partial charge in [0, 0.05) is 13.1 Å². The van der Waals surface area contributed by atoms with E-state index in [0.29, 0.717) is 31.2 Å². The third-order valence-corrected chi connectivity index (χ3v) is 3.34. The third-order valence-electron chi connectivity index (χ3n) is 3.34. The number of benzene rings is 1. The number of nitrogens with two attached hydrogens (primary N) is 1. The van der Waals surface area contributed by atoms with Crippen molar-refractivity contribution in [1.82, 2.24) is 0 Å². The summed E-state index contributed by atoms with van der Waals surface area (Å²) in [5.74, 6) is -0.464. The summed E-state index contributed by atoms with van der Waals surface area (Å²) in [6.07, 6.45) is 1.95. The molecule has 0 spiro atoms. The van der Waals surface area contributed by atoms with Gasteiger partial charge in [0.15, 0.2) is 0 Å². The zero-order valence-corrected chi connectivity index (χ0v) is 10.0. The second-order valence-corrected chi connectivity index (χ2v) is 4.55. The molecule has 1 atom stereocenters. The molecule has 6 heteroatoms. The molecule has 1 aliphatic rings. The minimum Gasteiger partial charge on any atom is -0.366 e. The van der Waals surface area contributed by atoms with E-state index in [2.05, 4.69) is 0 Å². The summed E-state index contributed by atoms with van der Waals surface area (Å²) >= 11 is 0. The molecule has 2 N–H and O–H groups in total. The Morgan fingerprint density at radius 2 is 2.33 bits per heavy atom. The van der Waals surface area contributed by atoms with Gasteiger partial charge in [0.05, 0.1) is 4.92 Å². The Balaban J connectivity index is 2.32.